The van der Waals surface area contributed by atoms with Crippen LogP contribution in [0.2, 0.25) is 0 Å². The van der Waals surface area contributed by atoms with Gasteiger partial charge in [-0.25, -0.2) is 4.39 Å². The number of halogens is 1. The van der Waals surface area contributed by atoms with Gasteiger partial charge in [0.15, 0.2) is 0 Å². The predicted molar refractivity (Wildman–Crippen MR) is 50.3 cm³/mol. The third-order valence-electron chi connectivity index (χ3n) is 1.91. The van der Waals surface area contributed by atoms with Crippen LogP contribution in [-0.4, -0.2) is 4.92 Å². The van der Waals surface area contributed by atoms with E-state index in [2.05, 4.69) is 5.92 Å². The molecule has 0 saturated carbocycles. The molecule has 4 heteroatoms. The molecule has 0 aliphatic carbocycles. The van der Waals surface area contributed by atoms with E-state index in [1.165, 1.54) is 12.1 Å². The molecule has 3 nitrogen and oxygen atoms in total. The van der Waals surface area contributed by atoms with Gasteiger partial charge in [-0.2, -0.15) is 0 Å². The van der Waals surface area contributed by atoms with Crippen molar-refractivity contribution in [2.24, 2.45) is 0 Å². The summed E-state index contributed by atoms with van der Waals surface area (Å²) in [7, 11) is 0. The third kappa shape index (κ3) is 1.72. The summed E-state index contributed by atoms with van der Waals surface area (Å²) in [6.45, 7) is 1.55. The van der Waals surface area contributed by atoms with E-state index in [1.807, 2.05) is 0 Å². The fourth-order valence-corrected chi connectivity index (χ4v) is 1.20. The molecule has 1 aromatic rings. The molecule has 0 aromatic heterocycles. The lowest BCUT2D eigenvalue weighted by molar-refractivity contribution is -0.385. The number of nitro groups is 1. The molecular formula is C10H8FNO2. The molecule has 0 fully saturated rings. The molecule has 14 heavy (non-hydrogen) atoms. The summed E-state index contributed by atoms with van der Waals surface area (Å²) in [5.41, 5.74) is -0.296. The maximum atomic E-state index is 13.2. The maximum Gasteiger partial charge on any atom is 0.276 e. The second-order valence-corrected chi connectivity index (χ2v) is 2.82. The lowest BCUT2D eigenvalue weighted by Gasteiger charge is -2.06. The fourth-order valence-electron chi connectivity index (χ4n) is 1.20. The second-order valence-electron chi connectivity index (χ2n) is 2.82. The van der Waals surface area contributed by atoms with E-state index in [4.69, 9.17) is 6.42 Å². The standard InChI is InChI=1S/C10H8FNO2/c1-3-7(2)10-8(11)5-4-6-9(10)12(13)14/h1,4-7H,2H3. The van der Waals surface area contributed by atoms with Crippen LogP contribution in [0.3, 0.4) is 0 Å². The van der Waals surface area contributed by atoms with E-state index in [0.717, 1.165) is 6.07 Å². The predicted octanol–water partition coefficient (Wildman–Crippen LogP) is 2.47. The van der Waals surface area contributed by atoms with Crippen molar-refractivity contribution in [2.75, 3.05) is 0 Å². The van der Waals surface area contributed by atoms with Crippen molar-refractivity contribution >= 4 is 5.69 Å². The van der Waals surface area contributed by atoms with E-state index in [9.17, 15) is 14.5 Å². The fraction of sp³-hybridized carbons (Fsp3) is 0.200. The van der Waals surface area contributed by atoms with Gasteiger partial charge in [-0.05, 0) is 13.0 Å². The van der Waals surface area contributed by atoms with Crippen molar-refractivity contribution in [3.05, 3.63) is 39.7 Å². The number of terminal acetylenes is 1. The minimum atomic E-state index is -0.635. The zero-order valence-electron chi connectivity index (χ0n) is 7.53. The topological polar surface area (TPSA) is 43.1 Å². The van der Waals surface area contributed by atoms with Crippen molar-refractivity contribution in [1.82, 2.24) is 0 Å². The number of benzene rings is 1. The molecule has 72 valence electrons. The van der Waals surface area contributed by atoms with Gasteiger partial charge in [-0.1, -0.05) is 12.0 Å². The van der Waals surface area contributed by atoms with Crippen molar-refractivity contribution in [3.8, 4) is 12.3 Å². The van der Waals surface area contributed by atoms with Gasteiger partial charge in [0, 0.05) is 6.07 Å². The van der Waals surface area contributed by atoms with Crippen LogP contribution in [0.5, 0.6) is 0 Å². The lowest BCUT2D eigenvalue weighted by Crippen LogP contribution is -2.01. The van der Waals surface area contributed by atoms with Gasteiger partial charge in [0.05, 0.1) is 16.4 Å². The smallest absolute Gasteiger partial charge is 0.258 e. The van der Waals surface area contributed by atoms with Crippen LogP contribution in [0.1, 0.15) is 18.4 Å². The van der Waals surface area contributed by atoms with E-state index < -0.39 is 16.7 Å². The molecule has 1 aromatic carbocycles. The highest BCUT2D eigenvalue weighted by atomic mass is 19.1. The first-order valence-corrected chi connectivity index (χ1v) is 3.97. The van der Waals surface area contributed by atoms with E-state index in [-0.39, 0.29) is 11.3 Å². The quantitative estimate of drug-likeness (QED) is 0.411. The van der Waals surface area contributed by atoms with Crippen LogP contribution in [-0.2, 0) is 0 Å². The molecule has 0 heterocycles. The highest BCUT2D eigenvalue weighted by Gasteiger charge is 2.21. The largest absolute Gasteiger partial charge is 0.276 e. The molecule has 0 aliphatic heterocycles. The molecule has 0 radical (unpaired) electrons. The molecule has 0 saturated heterocycles. The Bertz CT molecular complexity index is 409. The zero-order chi connectivity index (χ0) is 10.7. The van der Waals surface area contributed by atoms with Gasteiger partial charge in [-0.3, -0.25) is 10.1 Å². The molecule has 1 rings (SSSR count). The molecule has 1 atom stereocenters. The monoisotopic (exact) mass is 193 g/mol. The molecular weight excluding hydrogens is 185 g/mol. The Morgan fingerprint density at radius 3 is 2.79 bits per heavy atom. The Morgan fingerprint density at radius 2 is 2.29 bits per heavy atom. The van der Waals surface area contributed by atoms with Gasteiger partial charge in [0.1, 0.15) is 5.82 Å². The van der Waals surface area contributed by atoms with Crippen molar-refractivity contribution in [2.45, 2.75) is 12.8 Å². The molecule has 1 unspecified atom stereocenters. The molecule has 0 spiro atoms. The van der Waals surface area contributed by atoms with Gasteiger partial charge < -0.3 is 0 Å². The Hall–Kier alpha value is -1.89. The Balaban J connectivity index is 3.38. The average molecular weight is 193 g/mol. The van der Waals surface area contributed by atoms with Crippen LogP contribution in [0.25, 0.3) is 0 Å². The van der Waals surface area contributed by atoms with Gasteiger partial charge in [-0.15, -0.1) is 6.42 Å². The highest BCUT2D eigenvalue weighted by Crippen LogP contribution is 2.28. The van der Waals surface area contributed by atoms with Gasteiger partial charge >= 0.3 is 0 Å². The summed E-state index contributed by atoms with van der Waals surface area (Å²) in [4.78, 5) is 9.93. The van der Waals surface area contributed by atoms with E-state index in [1.54, 1.807) is 6.92 Å². The molecule has 0 N–H and O–H groups in total. The lowest BCUT2D eigenvalue weighted by atomic mass is 9.99. The summed E-state index contributed by atoms with van der Waals surface area (Å²) >= 11 is 0. The number of nitrogens with zero attached hydrogens (tertiary/aromatic N) is 1. The van der Waals surface area contributed by atoms with E-state index >= 15 is 0 Å². The maximum absolute atomic E-state index is 13.2. The summed E-state index contributed by atoms with van der Waals surface area (Å²) in [5.74, 6) is 1.04. The Morgan fingerprint density at radius 1 is 1.64 bits per heavy atom. The summed E-state index contributed by atoms with van der Waals surface area (Å²) in [5, 5.41) is 10.6. The highest BCUT2D eigenvalue weighted by molar-refractivity contribution is 5.45. The number of rotatable bonds is 2. The third-order valence-corrected chi connectivity index (χ3v) is 1.91. The molecule has 0 aliphatic rings. The van der Waals surface area contributed by atoms with Crippen LogP contribution in [0.15, 0.2) is 18.2 Å². The molecule has 0 amide bonds. The Kier molecular flexibility index (Phi) is 2.82. The van der Waals surface area contributed by atoms with Crippen LogP contribution >= 0.6 is 0 Å². The number of hydrogen-bond acceptors (Lipinski definition) is 2. The van der Waals surface area contributed by atoms with Gasteiger partial charge in [0.25, 0.3) is 5.69 Å². The first kappa shape index (κ1) is 10.2. The number of nitro benzene ring substituents is 1. The second kappa shape index (κ2) is 3.88. The number of hydrogen-bond donors (Lipinski definition) is 0. The summed E-state index contributed by atoms with van der Waals surface area (Å²) < 4.78 is 13.2. The first-order chi connectivity index (χ1) is 6.57. The first-order valence-electron chi connectivity index (χ1n) is 3.97. The Labute approximate surface area is 80.7 Å². The zero-order valence-corrected chi connectivity index (χ0v) is 7.53. The molecule has 0 bridgehead atoms. The van der Waals surface area contributed by atoms with Crippen LogP contribution < -0.4 is 0 Å². The normalized spacial score (nSPS) is 11.8. The minimum Gasteiger partial charge on any atom is -0.258 e. The summed E-state index contributed by atoms with van der Waals surface area (Å²) in [6.07, 6.45) is 5.10. The summed E-state index contributed by atoms with van der Waals surface area (Å²) in [6, 6.07) is 3.70. The van der Waals surface area contributed by atoms with Crippen LogP contribution in [0.4, 0.5) is 10.1 Å². The minimum absolute atomic E-state index is 0.0278. The SMILES string of the molecule is C#CC(C)c1c(F)cccc1[N+](=O)[O-]. The van der Waals surface area contributed by atoms with Gasteiger partial charge in [0.2, 0.25) is 0 Å². The van der Waals surface area contributed by atoms with Crippen LogP contribution in [0, 0.1) is 28.3 Å². The average Bonchev–Trinajstić information content (AvgIpc) is 2.16. The van der Waals surface area contributed by atoms with E-state index in [0.29, 0.717) is 0 Å². The van der Waals surface area contributed by atoms with Crippen molar-refractivity contribution in [1.29, 1.82) is 0 Å². The van der Waals surface area contributed by atoms with Crippen molar-refractivity contribution in [3.63, 3.8) is 0 Å². The van der Waals surface area contributed by atoms with Crippen molar-refractivity contribution < 1.29 is 9.31 Å².